The normalized spacial score (nSPS) is 22.4. The molecule has 34 heavy (non-hydrogen) atoms. The van der Waals surface area contributed by atoms with E-state index in [9.17, 15) is 4.79 Å². The van der Waals surface area contributed by atoms with Gasteiger partial charge in [0.05, 0.1) is 5.69 Å². The van der Waals surface area contributed by atoms with Crippen molar-refractivity contribution >= 4 is 23.7 Å². The van der Waals surface area contributed by atoms with Crippen LogP contribution >= 0.6 is 11.8 Å². The summed E-state index contributed by atoms with van der Waals surface area (Å²) in [6.07, 6.45) is 8.68. The fourth-order valence-corrected chi connectivity index (χ4v) is 6.12. The van der Waals surface area contributed by atoms with Crippen LogP contribution in [0.1, 0.15) is 56.0 Å². The van der Waals surface area contributed by atoms with Crippen LogP contribution in [0.4, 0.5) is 10.6 Å². The molecule has 1 saturated heterocycles. The van der Waals surface area contributed by atoms with Crippen molar-refractivity contribution in [3.8, 4) is 0 Å². The van der Waals surface area contributed by atoms with Gasteiger partial charge in [-0.25, -0.2) is 14.8 Å². The Kier molecular flexibility index (Phi) is 6.25. The summed E-state index contributed by atoms with van der Waals surface area (Å²) in [6, 6.07) is 8.95. The molecule has 5 rings (SSSR count). The molecule has 1 atom stereocenters. The minimum Gasteiger partial charge on any atom is -0.444 e. The van der Waals surface area contributed by atoms with Crippen molar-refractivity contribution in [1.29, 1.82) is 0 Å². The van der Waals surface area contributed by atoms with E-state index in [0.29, 0.717) is 18.5 Å². The summed E-state index contributed by atoms with van der Waals surface area (Å²) in [5.74, 6) is 1.09. The quantitative estimate of drug-likeness (QED) is 0.449. The van der Waals surface area contributed by atoms with Gasteiger partial charge in [-0.1, -0.05) is 36.0 Å². The monoisotopic (exact) mass is 480 g/mol. The van der Waals surface area contributed by atoms with Crippen LogP contribution in [0.15, 0.2) is 29.4 Å². The molecule has 2 aliphatic carbocycles. The fourth-order valence-electron chi connectivity index (χ4n) is 5.74. The molecule has 1 aromatic carbocycles. The molecule has 182 valence electrons. The average molecular weight is 481 g/mol. The Hall–Kier alpha value is -2.28. The van der Waals surface area contributed by atoms with Gasteiger partial charge in [0.1, 0.15) is 11.4 Å². The lowest BCUT2D eigenvalue weighted by Crippen LogP contribution is -2.50. The van der Waals surface area contributed by atoms with E-state index in [0.717, 1.165) is 43.3 Å². The topological polar surface area (TPSA) is 58.6 Å². The molecule has 1 aliphatic heterocycles. The Morgan fingerprint density at radius 1 is 1.00 bits per heavy atom. The first kappa shape index (κ1) is 23.5. The van der Waals surface area contributed by atoms with E-state index < -0.39 is 5.60 Å². The standard InChI is InChI=1S/C27H36N4O2S/c1-26(2,3)33-25(32)31-15-13-30(14-16-31)23-21-10-12-27(18-22(21)28-24(29-23)34-4)11-9-19-7-5-6-8-20(19)17-27/h5-8H,9-18H2,1-4H3/t27-/m1/s1. The summed E-state index contributed by atoms with van der Waals surface area (Å²) in [6.45, 7) is 8.60. The zero-order chi connectivity index (χ0) is 23.9. The highest BCUT2D eigenvalue weighted by Gasteiger charge is 2.40. The smallest absolute Gasteiger partial charge is 0.410 e. The Morgan fingerprint density at radius 3 is 2.41 bits per heavy atom. The van der Waals surface area contributed by atoms with E-state index in [1.165, 1.54) is 41.6 Å². The number of hydrogen-bond acceptors (Lipinski definition) is 6. The molecule has 0 bridgehead atoms. The lowest BCUT2D eigenvalue weighted by Gasteiger charge is -2.43. The summed E-state index contributed by atoms with van der Waals surface area (Å²) >= 11 is 1.62. The zero-order valence-corrected chi connectivity index (χ0v) is 21.7. The maximum absolute atomic E-state index is 12.5. The van der Waals surface area contributed by atoms with Gasteiger partial charge in [0.15, 0.2) is 5.16 Å². The second kappa shape index (κ2) is 9.06. The molecule has 0 unspecified atom stereocenters. The van der Waals surface area contributed by atoms with Gasteiger partial charge in [-0.15, -0.1) is 0 Å². The van der Waals surface area contributed by atoms with Crippen LogP contribution in [0.25, 0.3) is 0 Å². The molecule has 2 heterocycles. The molecule has 0 saturated carbocycles. The van der Waals surface area contributed by atoms with E-state index in [4.69, 9.17) is 14.7 Å². The van der Waals surface area contributed by atoms with E-state index in [2.05, 4.69) is 35.4 Å². The summed E-state index contributed by atoms with van der Waals surface area (Å²) < 4.78 is 5.57. The Morgan fingerprint density at radius 2 is 1.71 bits per heavy atom. The Labute approximate surface area is 207 Å². The van der Waals surface area contributed by atoms with Crippen LogP contribution in [0, 0.1) is 5.41 Å². The van der Waals surface area contributed by atoms with Crippen LogP contribution in [0.3, 0.4) is 0 Å². The van der Waals surface area contributed by atoms with Crippen LogP contribution in [0.2, 0.25) is 0 Å². The SMILES string of the molecule is CSc1nc2c(c(N3CCN(C(=O)OC(C)(C)C)CC3)n1)CC[C@@]1(CCc3ccccc3C1)C2. The number of thioether (sulfide) groups is 1. The summed E-state index contributed by atoms with van der Waals surface area (Å²) in [5.41, 5.74) is 5.47. The summed E-state index contributed by atoms with van der Waals surface area (Å²) in [5, 5.41) is 0.858. The molecule has 1 fully saturated rings. The molecule has 3 aliphatic rings. The number of carbonyl (C=O) groups excluding carboxylic acids is 1. The lowest BCUT2D eigenvalue weighted by atomic mass is 9.63. The van der Waals surface area contributed by atoms with E-state index in [-0.39, 0.29) is 6.09 Å². The molecule has 1 aromatic heterocycles. The predicted octanol–water partition coefficient (Wildman–Crippen LogP) is 4.92. The predicted molar refractivity (Wildman–Crippen MR) is 137 cm³/mol. The van der Waals surface area contributed by atoms with Gasteiger partial charge in [-0.05, 0) is 82.1 Å². The number of ether oxygens (including phenoxy) is 1. The fraction of sp³-hybridized carbons (Fsp3) is 0.593. The van der Waals surface area contributed by atoms with Crippen LogP contribution in [0.5, 0.6) is 0 Å². The molecule has 7 heteroatoms. The third-order valence-electron chi connectivity index (χ3n) is 7.52. The first-order chi connectivity index (χ1) is 16.3. The van der Waals surface area contributed by atoms with E-state index >= 15 is 0 Å². The number of carbonyl (C=O) groups is 1. The van der Waals surface area contributed by atoms with Crippen molar-refractivity contribution in [2.45, 2.75) is 70.1 Å². The molecule has 1 amide bonds. The number of hydrogen-bond donors (Lipinski definition) is 0. The second-order valence-electron chi connectivity index (χ2n) is 11.0. The van der Waals surface area contributed by atoms with Gasteiger partial charge in [0.25, 0.3) is 0 Å². The summed E-state index contributed by atoms with van der Waals surface area (Å²) in [7, 11) is 0. The van der Waals surface area contributed by atoms with Crippen LogP contribution in [-0.2, 0) is 30.4 Å². The average Bonchev–Trinajstić information content (AvgIpc) is 2.82. The van der Waals surface area contributed by atoms with Crippen molar-refractivity contribution in [2.75, 3.05) is 37.3 Å². The van der Waals surface area contributed by atoms with Gasteiger partial charge in [-0.3, -0.25) is 0 Å². The molecule has 0 N–H and O–H groups in total. The van der Waals surface area contributed by atoms with E-state index in [1.54, 1.807) is 11.8 Å². The number of amides is 1. The lowest BCUT2D eigenvalue weighted by molar-refractivity contribution is 0.0240. The van der Waals surface area contributed by atoms with Gasteiger partial charge in [-0.2, -0.15) is 0 Å². The van der Waals surface area contributed by atoms with Gasteiger partial charge in [0, 0.05) is 31.7 Å². The summed E-state index contributed by atoms with van der Waals surface area (Å²) in [4.78, 5) is 26.7. The van der Waals surface area contributed by atoms with Crippen molar-refractivity contribution in [2.24, 2.45) is 5.41 Å². The molecular weight excluding hydrogens is 444 g/mol. The van der Waals surface area contributed by atoms with Crippen LogP contribution < -0.4 is 4.90 Å². The van der Waals surface area contributed by atoms with Crippen molar-refractivity contribution in [3.05, 3.63) is 46.6 Å². The highest BCUT2D eigenvalue weighted by atomic mass is 32.2. The number of benzene rings is 1. The van der Waals surface area contributed by atoms with Crippen molar-refractivity contribution in [3.63, 3.8) is 0 Å². The maximum Gasteiger partial charge on any atom is 0.410 e. The minimum absolute atomic E-state index is 0.221. The zero-order valence-electron chi connectivity index (χ0n) is 20.9. The van der Waals surface area contributed by atoms with Crippen molar-refractivity contribution in [1.82, 2.24) is 14.9 Å². The Balaban J connectivity index is 1.34. The molecule has 2 aromatic rings. The van der Waals surface area contributed by atoms with Crippen LogP contribution in [-0.4, -0.2) is 59.0 Å². The first-order valence-electron chi connectivity index (χ1n) is 12.5. The number of aromatic nitrogens is 2. The number of fused-ring (bicyclic) bond motifs is 2. The number of nitrogens with zero attached hydrogens (tertiary/aromatic N) is 4. The molecular formula is C27H36N4O2S. The number of aryl methyl sites for hydroxylation is 1. The van der Waals surface area contributed by atoms with Gasteiger partial charge < -0.3 is 14.5 Å². The molecule has 0 radical (unpaired) electrons. The highest BCUT2D eigenvalue weighted by molar-refractivity contribution is 7.98. The Bertz CT molecular complexity index is 1070. The largest absolute Gasteiger partial charge is 0.444 e. The van der Waals surface area contributed by atoms with Gasteiger partial charge in [0.2, 0.25) is 0 Å². The second-order valence-corrected chi connectivity index (χ2v) is 11.8. The first-order valence-corrected chi connectivity index (χ1v) is 13.7. The minimum atomic E-state index is -0.469. The molecule has 6 nitrogen and oxygen atoms in total. The van der Waals surface area contributed by atoms with E-state index in [1.807, 2.05) is 25.7 Å². The number of anilines is 1. The van der Waals surface area contributed by atoms with Gasteiger partial charge >= 0.3 is 6.09 Å². The highest BCUT2D eigenvalue weighted by Crippen LogP contribution is 2.46. The third-order valence-corrected chi connectivity index (χ3v) is 8.07. The molecule has 1 spiro atoms. The maximum atomic E-state index is 12.5. The number of piperazine rings is 1. The van der Waals surface area contributed by atoms with Crippen molar-refractivity contribution < 1.29 is 9.53 Å². The number of rotatable bonds is 2. The third kappa shape index (κ3) is 4.77.